The van der Waals surface area contributed by atoms with Gasteiger partial charge in [-0.2, -0.15) is 5.10 Å². The molecule has 3 N–H and O–H groups in total. The quantitative estimate of drug-likeness (QED) is 0.378. The van der Waals surface area contributed by atoms with Gasteiger partial charge in [0.2, 0.25) is 0 Å². The molecule has 0 aliphatic rings. The molecule has 1 aromatic carbocycles. The number of rotatable bonds is 8. The zero-order valence-corrected chi connectivity index (χ0v) is 15.0. The van der Waals surface area contributed by atoms with Crippen LogP contribution in [-0.2, 0) is 6.54 Å². The fraction of sp³-hybridized carbons (Fsp3) is 0.353. The molecule has 0 saturated carbocycles. The minimum absolute atomic E-state index is 0.124. The lowest BCUT2D eigenvalue weighted by Gasteiger charge is -2.12. The van der Waals surface area contributed by atoms with E-state index in [1.165, 1.54) is 0 Å². The molecule has 1 amide bonds. The average Bonchev–Trinajstić information content (AvgIpc) is 3.14. The lowest BCUT2D eigenvalue weighted by atomic mass is 10.2. The van der Waals surface area contributed by atoms with Gasteiger partial charge in [0.05, 0.1) is 0 Å². The van der Waals surface area contributed by atoms with Crippen molar-refractivity contribution in [3.05, 3.63) is 53.3 Å². The number of guanidine groups is 1. The number of halogens is 1. The first kappa shape index (κ1) is 18.8. The molecule has 134 valence electrons. The highest BCUT2D eigenvalue weighted by molar-refractivity contribution is 6.30. The molecule has 0 saturated heterocycles. The maximum absolute atomic E-state index is 12.0. The summed E-state index contributed by atoms with van der Waals surface area (Å²) >= 11 is 5.81. The molecule has 0 radical (unpaired) electrons. The summed E-state index contributed by atoms with van der Waals surface area (Å²) in [6.45, 7) is 2.72. The summed E-state index contributed by atoms with van der Waals surface area (Å²) in [5, 5.41) is 14.0. The third-order valence-corrected chi connectivity index (χ3v) is 3.70. The Morgan fingerprint density at radius 1 is 1.16 bits per heavy atom. The Balaban J connectivity index is 1.59. The first-order valence-electron chi connectivity index (χ1n) is 8.15. The van der Waals surface area contributed by atoms with Gasteiger partial charge in [0, 0.05) is 56.2 Å². The van der Waals surface area contributed by atoms with E-state index in [-0.39, 0.29) is 5.91 Å². The van der Waals surface area contributed by atoms with Crippen LogP contribution in [0.1, 0.15) is 16.8 Å². The van der Waals surface area contributed by atoms with Gasteiger partial charge in [-0.25, -0.2) is 0 Å². The van der Waals surface area contributed by atoms with Gasteiger partial charge in [0.1, 0.15) is 0 Å². The van der Waals surface area contributed by atoms with Crippen molar-refractivity contribution in [2.75, 3.05) is 26.7 Å². The van der Waals surface area contributed by atoms with Gasteiger partial charge in [0.15, 0.2) is 5.96 Å². The second-order valence-electron chi connectivity index (χ2n) is 5.31. The topological polar surface area (TPSA) is 83.3 Å². The molecule has 25 heavy (non-hydrogen) atoms. The summed E-state index contributed by atoms with van der Waals surface area (Å²) in [5.74, 6) is 0.585. The Bertz CT molecular complexity index is 669. The lowest BCUT2D eigenvalue weighted by Crippen LogP contribution is -2.42. The van der Waals surface area contributed by atoms with Crippen molar-refractivity contribution >= 4 is 23.5 Å². The summed E-state index contributed by atoms with van der Waals surface area (Å²) in [4.78, 5) is 16.1. The van der Waals surface area contributed by atoms with Crippen molar-refractivity contribution in [2.24, 2.45) is 4.99 Å². The van der Waals surface area contributed by atoms with Gasteiger partial charge in [0.25, 0.3) is 5.91 Å². The monoisotopic (exact) mass is 362 g/mol. The average molecular weight is 363 g/mol. The normalized spacial score (nSPS) is 11.2. The Hall–Kier alpha value is -2.54. The standard InChI is InChI=1S/C17H23ClN6O/c1-19-17(21-8-2-12-24-13-3-9-23-24)22-11-10-20-16(25)14-4-6-15(18)7-5-14/h3-7,9,13H,2,8,10-12H2,1H3,(H,20,25)(H2,19,21,22). The van der Waals surface area contributed by atoms with Gasteiger partial charge in [-0.05, 0) is 36.8 Å². The molecule has 0 aliphatic carbocycles. The zero-order chi connectivity index (χ0) is 17.9. The van der Waals surface area contributed by atoms with Crippen LogP contribution in [-0.4, -0.2) is 48.3 Å². The molecule has 2 rings (SSSR count). The SMILES string of the molecule is CN=C(NCCCn1cccn1)NCCNC(=O)c1ccc(Cl)cc1. The summed E-state index contributed by atoms with van der Waals surface area (Å²) in [6, 6.07) is 8.70. The predicted molar refractivity (Wildman–Crippen MR) is 100.0 cm³/mol. The highest BCUT2D eigenvalue weighted by Crippen LogP contribution is 2.09. The van der Waals surface area contributed by atoms with E-state index in [0.717, 1.165) is 19.5 Å². The number of amides is 1. The zero-order valence-electron chi connectivity index (χ0n) is 14.2. The minimum Gasteiger partial charge on any atom is -0.356 e. The van der Waals surface area contributed by atoms with E-state index < -0.39 is 0 Å². The summed E-state index contributed by atoms with van der Waals surface area (Å²) < 4.78 is 1.89. The van der Waals surface area contributed by atoms with E-state index >= 15 is 0 Å². The van der Waals surface area contributed by atoms with Crippen LogP contribution in [0.25, 0.3) is 0 Å². The first-order chi connectivity index (χ1) is 12.2. The summed E-state index contributed by atoms with van der Waals surface area (Å²) in [6.07, 6.45) is 4.65. The van der Waals surface area contributed by atoms with E-state index in [4.69, 9.17) is 11.6 Å². The third-order valence-electron chi connectivity index (χ3n) is 3.45. The lowest BCUT2D eigenvalue weighted by molar-refractivity contribution is 0.0954. The number of aliphatic imine (C=N–C) groups is 1. The van der Waals surface area contributed by atoms with Crippen molar-refractivity contribution in [1.29, 1.82) is 0 Å². The van der Waals surface area contributed by atoms with Gasteiger partial charge < -0.3 is 16.0 Å². The van der Waals surface area contributed by atoms with Gasteiger partial charge in [-0.1, -0.05) is 11.6 Å². The number of hydrogen-bond acceptors (Lipinski definition) is 3. The molecular formula is C17H23ClN6O. The highest BCUT2D eigenvalue weighted by atomic mass is 35.5. The molecule has 0 atom stereocenters. The van der Waals surface area contributed by atoms with Crippen LogP contribution in [0.3, 0.4) is 0 Å². The first-order valence-corrected chi connectivity index (χ1v) is 8.52. The molecular weight excluding hydrogens is 340 g/mol. The predicted octanol–water partition coefficient (Wildman–Crippen LogP) is 1.52. The molecule has 1 aromatic heterocycles. The number of hydrogen-bond donors (Lipinski definition) is 3. The Kier molecular flexibility index (Phi) is 7.78. The number of benzene rings is 1. The van der Waals surface area contributed by atoms with Crippen molar-refractivity contribution in [3.63, 3.8) is 0 Å². The molecule has 0 unspecified atom stereocenters. The van der Waals surface area contributed by atoms with Crippen molar-refractivity contribution in [3.8, 4) is 0 Å². The van der Waals surface area contributed by atoms with Crippen LogP contribution in [0.15, 0.2) is 47.7 Å². The second-order valence-corrected chi connectivity index (χ2v) is 5.75. The van der Waals surface area contributed by atoms with E-state index in [1.54, 1.807) is 37.5 Å². The summed E-state index contributed by atoms with van der Waals surface area (Å²) in [5.41, 5.74) is 0.588. The maximum atomic E-state index is 12.0. The largest absolute Gasteiger partial charge is 0.356 e. The number of carbonyl (C=O) groups is 1. The molecule has 0 aliphatic heterocycles. The Morgan fingerprint density at radius 2 is 1.88 bits per heavy atom. The Labute approximate surface area is 152 Å². The molecule has 0 spiro atoms. The van der Waals surface area contributed by atoms with Gasteiger partial charge >= 0.3 is 0 Å². The Morgan fingerprint density at radius 3 is 2.56 bits per heavy atom. The molecule has 0 fully saturated rings. The number of aromatic nitrogens is 2. The number of nitrogens with zero attached hydrogens (tertiary/aromatic N) is 3. The fourth-order valence-corrected chi connectivity index (χ4v) is 2.29. The summed E-state index contributed by atoms with van der Waals surface area (Å²) in [7, 11) is 1.72. The third kappa shape index (κ3) is 6.84. The highest BCUT2D eigenvalue weighted by Gasteiger charge is 2.04. The van der Waals surface area contributed by atoms with Crippen LogP contribution in [0, 0.1) is 0 Å². The van der Waals surface area contributed by atoms with Gasteiger partial charge in [-0.15, -0.1) is 0 Å². The molecule has 0 bridgehead atoms. The van der Waals surface area contributed by atoms with Crippen LogP contribution < -0.4 is 16.0 Å². The van der Waals surface area contributed by atoms with Crippen molar-refractivity contribution in [1.82, 2.24) is 25.7 Å². The number of aryl methyl sites for hydroxylation is 1. The maximum Gasteiger partial charge on any atom is 0.251 e. The van der Waals surface area contributed by atoms with Crippen molar-refractivity contribution in [2.45, 2.75) is 13.0 Å². The number of carbonyl (C=O) groups excluding carboxylic acids is 1. The van der Waals surface area contributed by atoms with E-state index in [2.05, 4.69) is 26.0 Å². The molecule has 2 aromatic rings. The van der Waals surface area contributed by atoms with Crippen LogP contribution in [0.2, 0.25) is 5.02 Å². The van der Waals surface area contributed by atoms with Crippen LogP contribution in [0.4, 0.5) is 0 Å². The molecule has 8 heteroatoms. The second kappa shape index (κ2) is 10.4. The van der Waals surface area contributed by atoms with Crippen LogP contribution >= 0.6 is 11.6 Å². The van der Waals surface area contributed by atoms with Crippen LogP contribution in [0.5, 0.6) is 0 Å². The fourth-order valence-electron chi connectivity index (χ4n) is 2.16. The van der Waals surface area contributed by atoms with E-state index in [1.807, 2.05) is 16.9 Å². The van der Waals surface area contributed by atoms with Crippen molar-refractivity contribution < 1.29 is 4.79 Å². The minimum atomic E-state index is -0.124. The van der Waals surface area contributed by atoms with Gasteiger partial charge in [-0.3, -0.25) is 14.5 Å². The molecule has 1 heterocycles. The smallest absolute Gasteiger partial charge is 0.251 e. The van der Waals surface area contributed by atoms with E-state index in [0.29, 0.717) is 29.6 Å². The molecule has 7 nitrogen and oxygen atoms in total. The van der Waals surface area contributed by atoms with E-state index in [9.17, 15) is 4.79 Å². The number of nitrogens with one attached hydrogen (secondary N) is 3.